The molecule has 0 aromatic carbocycles. The van der Waals surface area contributed by atoms with E-state index in [4.69, 9.17) is 0 Å². The zero-order valence-corrected chi connectivity index (χ0v) is 10.6. The number of rotatable bonds is 2. The van der Waals surface area contributed by atoms with Crippen LogP contribution in [-0.2, 0) is 9.63 Å². The lowest BCUT2D eigenvalue weighted by Gasteiger charge is -2.00. The Bertz CT molecular complexity index is 292. The quantitative estimate of drug-likeness (QED) is 0.319. The van der Waals surface area contributed by atoms with Gasteiger partial charge in [-0.15, -0.1) is 13.2 Å². The van der Waals surface area contributed by atoms with Crippen molar-refractivity contribution in [2.45, 2.75) is 13.8 Å². The van der Waals surface area contributed by atoms with E-state index in [-0.39, 0.29) is 5.57 Å². The van der Waals surface area contributed by atoms with Gasteiger partial charge in [0.1, 0.15) is 0 Å². The van der Waals surface area contributed by atoms with Crippen LogP contribution in [0.3, 0.4) is 0 Å². The summed E-state index contributed by atoms with van der Waals surface area (Å²) in [4.78, 5) is 34.2. The van der Waals surface area contributed by atoms with E-state index >= 15 is 0 Å². The Balaban J connectivity index is -0.000000241. The fraction of sp³-hybridized carbons (Fsp3) is 0.300. The minimum Gasteiger partial charge on any atom is -0.352 e. The molecule has 0 aliphatic heterocycles. The normalized spacial score (nSPS) is 7.22. The van der Waals surface area contributed by atoms with E-state index in [2.05, 4.69) is 41.4 Å². The molecule has 0 saturated heterocycles. The molecule has 0 rings (SSSR count). The number of hydrogen-bond donors (Lipinski definition) is 4. The molecule has 0 aromatic rings. The maximum absolute atomic E-state index is 10.5. The van der Waals surface area contributed by atoms with Crippen LogP contribution in [0.25, 0.3) is 0 Å². The van der Waals surface area contributed by atoms with Crippen LogP contribution in [0.5, 0.6) is 0 Å². The van der Waals surface area contributed by atoms with Crippen LogP contribution in [0.1, 0.15) is 13.8 Å². The first-order chi connectivity index (χ1) is 8.31. The number of amides is 4. The van der Waals surface area contributed by atoms with Crippen molar-refractivity contribution in [1.82, 2.24) is 10.8 Å². The Morgan fingerprint density at radius 3 is 1.78 bits per heavy atom. The molecule has 0 unspecified atom stereocenters. The minimum absolute atomic E-state index is 0.189. The van der Waals surface area contributed by atoms with E-state index in [1.807, 2.05) is 6.92 Å². The van der Waals surface area contributed by atoms with Crippen molar-refractivity contribution in [1.29, 1.82) is 0 Å². The van der Waals surface area contributed by atoms with Gasteiger partial charge in [-0.05, 0) is 13.8 Å². The van der Waals surface area contributed by atoms with Gasteiger partial charge < -0.3 is 21.6 Å². The third kappa shape index (κ3) is 23.4. The molecule has 0 radical (unpaired) electrons. The van der Waals surface area contributed by atoms with Gasteiger partial charge in [0.2, 0.25) is 0 Å². The highest BCUT2D eigenvalue weighted by atomic mass is 16.7. The molecule has 0 atom stereocenters. The van der Waals surface area contributed by atoms with E-state index in [1.54, 1.807) is 5.48 Å². The summed E-state index contributed by atoms with van der Waals surface area (Å²) in [5.74, 6) is -0.709. The van der Waals surface area contributed by atoms with Crippen molar-refractivity contribution in [3.05, 3.63) is 25.3 Å². The number of urea groups is 2. The molecule has 0 saturated carbocycles. The highest BCUT2D eigenvalue weighted by Crippen LogP contribution is 1.87. The third-order valence-corrected chi connectivity index (χ3v) is 0.944. The second-order valence-electron chi connectivity index (χ2n) is 2.53. The zero-order valence-electron chi connectivity index (χ0n) is 10.6. The SMILES string of the molecule is C=C.C=C(C)C(=O)ONC(N)=O.CCNC(N)=O. The summed E-state index contributed by atoms with van der Waals surface area (Å²) in [6.07, 6.45) is 0. The first-order valence-electron chi connectivity index (χ1n) is 4.76. The first kappa shape index (κ1) is 20.8. The summed E-state index contributed by atoms with van der Waals surface area (Å²) < 4.78 is 0. The van der Waals surface area contributed by atoms with Gasteiger partial charge in [0.15, 0.2) is 0 Å². The summed E-state index contributed by atoms with van der Waals surface area (Å²) in [7, 11) is 0. The first-order valence-corrected chi connectivity index (χ1v) is 4.76. The number of carbonyl (C=O) groups is 3. The monoisotopic (exact) mass is 260 g/mol. The van der Waals surface area contributed by atoms with Crippen LogP contribution in [0, 0.1) is 0 Å². The molecule has 104 valence electrons. The second kappa shape index (κ2) is 14.5. The zero-order chi connectivity index (χ0) is 15.1. The number of nitrogens with two attached hydrogens (primary N) is 2. The summed E-state index contributed by atoms with van der Waals surface area (Å²) in [5, 5.41) is 2.35. The summed E-state index contributed by atoms with van der Waals surface area (Å²) in [6.45, 7) is 13.1. The van der Waals surface area contributed by atoms with Crippen LogP contribution in [0.15, 0.2) is 25.3 Å². The number of primary amides is 2. The summed E-state index contributed by atoms with van der Waals surface area (Å²) in [6, 6.07) is -1.38. The lowest BCUT2D eigenvalue weighted by molar-refractivity contribution is -0.143. The summed E-state index contributed by atoms with van der Waals surface area (Å²) in [5.41, 5.74) is 11.1. The molecule has 0 bridgehead atoms. The molecule has 4 amide bonds. The van der Waals surface area contributed by atoms with Crippen LogP contribution >= 0.6 is 0 Å². The Labute approximate surface area is 106 Å². The van der Waals surface area contributed by atoms with Gasteiger partial charge in [-0.25, -0.2) is 14.4 Å². The predicted octanol–water partition coefficient (Wildman–Crippen LogP) is 0.166. The van der Waals surface area contributed by atoms with Crippen molar-refractivity contribution < 1.29 is 19.2 Å². The van der Waals surface area contributed by atoms with Gasteiger partial charge in [0, 0.05) is 12.1 Å². The molecular formula is C10H20N4O4. The largest absolute Gasteiger partial charge is 0.358 e. The fourth-order valence-electron chi connectivity index (χ4n) is 0.358. The Morgan fingerprint density at radius 1 is 1.17 bits per heavy atom. The predicted molar refractivity (Wildman–Crippen MR) is 68.1 cm³/mol. The average Bonchev–Trinajstić information content (AvgIpc) is 2.29. The van der Waals surface area contributed by atoms with Gasteiger partial charge in [0.05, 0.1) is 0 Å². The van der Waals surface area contributed by atoms with E-state index in [9.17, 15) is 14.4 Å². The topological polar surface area (TPSA) is 137 Å². The van der Waals surface area contributed by atoms with Crippen LogP contribution < -0.4 is 22.3 Å². The highest BCUT2D eigenvalue weighted by Gasteiger charge is 2.03. The third-order valence-electron chi connectivity index (χ3n) is 0.944. The molecule has 0 aromatic heterocycles. The van der Waals surface area contributed by atoms with E-state index in [0.717, 1.165) is 0 Å². The molecule has 8 heteroatoms. The number of nitrogens with one attached hydrogen (secondary N) is 2. The van der Waals surface area contributed by atoms with Gasteiger partial charge in [-0.3, -0.25) is 0 Å². The van der Waals surface area contributed by atoms with Gasteiger partial charge in [0.25, 0.3) is 0 Å². The maximum Gasteiger partial charge on any atom is 0.358 e. The number of hydrogen-bond acceptors (Lipinski definition) is 4. The lowest BCUT2D eigenvalue weighted by atomic mass is 10.4. The maximum atomic E-state index is 10.5. The molecule has 0 heterocycles. The van der Waals surface area contributed by atoms with Crippen LogP contribution in [0.2, 0.25) is 0 Å². The Morgan fingerprint density at radius 2 is 1.61 bits per heavy atom. The van der Waals surface area contributed by atoms with Crippen LogP contribution in [0.4, 0.5) is 9.59 Å². The van der Waals surface area contributed by atoms with Gasteiger partial charge in [-0.1, -0.05) is 6.58 Å². The lowest BCUT2D eigenvalue weighted by Crippen LogP contribution is -2.31. The van der Waals surface area contributed by atoms with Crippen molar-refractivity contribution in [3.63, 3.8) is 0 Å². The molecule has 8 nitrogen and oxygen atoms in total. The van der Waals surface area contributed by atoms with Crippen molar-refractivity contribution >= 4 is 18.0 Å². The number of hydroxylamine groups is 1. The summed E-state index contributed by atoms with van der Waals surface area (Å²) >= 11 is 0. The Kier molecular flexibility index (Phi) is 16.8. The van der Waals surface area contributed by atoms with Gasteiger partial charge >= 0.3 is 18.0 Å². The van der Waals surface area contributed by atoms with E-state index in [1.165, 1.54) is 6.92 Å². The average molecular weight is 260 g/mol. The van der Waals surface area contributed by atoms with Crippen molar-refractivity contribution in [3.8, 4) is 0 Å². The molecule has 18 heavy (non-hydrogen) atoms. The molecule has 0 aliphatic rings. The van der Waals surface area contributed by atoms with E-state index < -0.39 is 18.0 Å². The smallest absolute Gasteiger partial charge is 0.352 e. The molecule has 0 aliphatic carbocycles. The fourth-order valence-corrected chi connectivity index (χ4v) is 0.358. The standard InChI is InChI=1S/C5H8N2O3.C3H8N2O.C2H4/c1-3(2)4(8)10-7-5(6)9;1-2-5-3(4)6;1-2/h1H2,2H3,(H3,6,7,9);2H2,1H3,(H3,4,5,6);1-2H2. The second-order valence-corrected chi connectivity index (χ2v) is 2.53. The minimum atomic E-state index is -0.922. The van der Waals surface area contributed by atoms with Gasteiger partial charge in [-0.2, -0.15) is 5.48 Å². The van der Waals surface area contributed by atoms with Crippen molar-refractivity contribution in [2.24, 2.45) is 11.5 Å². The number of carbonyl (C=O) groups excluding carboxylic acids is 3. The van der Waals surface area contributed by atoms with E-state index in [0.29, 0.717) is 6.54 Å². The van der Waals surface area contributed by atoms with Crippen LogP contribution in [-0.4, -0.2) is 24.6 Å². The Hall–Kier alpha value is -2.51. The molecule has 0 spiro atoms. The molecular weight excluding hydrogens is 240 g/mol. The molecule has 0 fully saturated rings. The highest BCUT2D eigenvalue weighted by molar-refractivity contribution is 5.87. The van der Waals surface area contributed by atoms with Crippen molar-refractivity contribution in [2.75, 3.05) is 6.54 Å². The molecule has 6 N–H and O–H groups in total.